The number of methoxy groups -OCH3 is 1. The van der Waals surface area contributed by atoms with Crippen molar-refractivity contribution in [1.82, 2.24) is 19.7 Å². The average Bonchev–Trinajstić information content (AvgIpc) is 3.17. The highest BCUT2D eigenvalue weighted by Crippen LogP contribution is 2.30. The molecule has 3 aromatic heterocycles. The number of nitrogens with one attached hydrogen (secondary N) is 1. The molecule has 7 nitrogen and oxygen atoms in total. The third-order valence-electron chi connectivity index (χ3n) is 4.15. The number of aryl methyl sites for hydroxylation is 1. The van der Waals surface area contributed by atoms with Crippen LogP contribution in [-0.4, -0.2) is 26.9 Å². The van der Waals surface area contributed by atoms with Crippen LogP contribution in [0.5, 0.6) is 5.88 Å². The Balaban J connectivity index is 1.71. The summed E-state index contributed by atoms with van der Waals surface area (Å²) in [4.78, 5) is 8.92. The molecule has 27 heavy (non-hydrogen) atoms. The molecule has 0 saturated heterocycles. The number of rotatable bonds is 4. The van der Waals surface area contributed by atoms with Gasteiger partial charge < -0.3 is 10.1 Å². The standard InChI is InChI=1S/C20H16N6O/c1-13-3-4-15-16(7-8-22-18(15)9-13)24-17-5-6-19(25-20(17)27-2)26-12-14(10-21)11-23-26/h3-9,11-12H,1-2H3,(H,22,24). The summed E-state index contributed by atoms with van der Waals surface area (Å²) >= 11 is 0. The van der Waals surface area contributed by atoms with Gasteiger partial charge in [0.1, 0.15) is 11.8 Å². The van der Waals surface area contributed by atoms with Gasteiger partial charge in [0.15, 0.2) is 5.82 Å². The minimum Gasteiger partial charge on any atom is -0.479 e. The number of pyridine rings is 2. The lowest BCUT2D eigenvalue weighted by atomic mass is 10.1. The van der Waals surface area contributed by atoms with Gasteiger partial charge in [-0.15, -0.1) is 0 Å². The second-order valence-corrected chi connectivity index (χ2v) is 6.02. The van der Waals surface area contributed by atoms with Gasteiger partial charge in [0, 0.05) is 17.3 Å². The van der Waals surface area contributed by atoms with Crippen LogP contribution in [0, 0.1) is 18.3 Å². The van der Waals surface area contributed by atoms with Crippen LogP contribution in [0.25, 0.3) is 16.7 Å². The van der Waals surface area contributed by atoms with Gasteiger partial charge in [0.2, 0.25) is 5.88 Å². The second kappa shape index (κ2) is 6.77. The third-order valence-corrected chi connectivity index (χ3v) is 4.15. The molecule has 0 aliphatic rings. The number of ether oxygens (including phenoxy) is 1. The number of nitrogens with zero attached hydrogens (tertiary/aromatic N) is 5. The molecule has 0 radical (unpaired) electrons. The van der Waals surface area contributed by atoms with Crippen LogP contribution in [0.15, 0.2) is 55.0 Å². The van der Waals surface area contributed by atoms with E-state index < -0.39 is 0 Å². The first-order chi connectivity index (χ1) is 13.2. The zero-order valence-corrected chi connectivity index (χ0v) is 14.8. The molecule has 0 fully saturated rings. The van der Waals surface area contributed by atoms with Gasteiger partial charge in [-0.2, -0.15) is 15.3 Å². The van der Waals surface area contributed by atoms with E-state index in [0.29, 0.717) is 17.3 Å². The minimum atomic E-state index is 0.429. The Bertz CT molecular complexity index is 1170. The number of hydrogen-bond donors (Lipinski definition) is 1. The van der Waals surface area contributed by atoms with Gasteiger partial charge in [-0.25, -0.2) is 4.68 Å². The Morgan fingerprint density at radius 2 is 2.04 bits per heavy atom. The van der Waals surface area contributed by atoms with Crippen molar-refractivity contribution in [2.45, 2.75) is 6.92 Å². The summed E-state index contributed by atoms with van der Waals surface area (Å²) in [6.07, 6.45) is 4.88. The monoisotopic (exact) mass is 356 g/mol. The zero-order chi connectivity index (χ0) is 18.8. The molecule has 0 unspecified atom stereocenters. The largest absolute Gasteiger partial charge is 0.479 e. The van der Waals surface area contributed by atoms with Crippen LogP contribution >= 0.6 is 0 Å². The number of hydrogen-bond acceptors (Lipinski definition) is 6. The minimum absolute atomic E-state index is 0.429. The van der Waals surface area contributed by atoms with E-state index in [9.17, 15) is 0 Å². The summed E-state index contributed by atoms with van der Waals surface area (Å²) in [5.41, 5.74) is 4.19. The average molecular weight is 356 g/mol. The Morgan fingerprint density at radius 1 is 1.15 bits per heavy atom. The molecule has 1 N–H and O–H groups in total. The SMILES string of the molecule is COc1nc(-n2cc(C#N)cn2)ccc1Nc1ccnc2cc(C)ccc12. The van der Waals surface area contributed by atoms with E-state index in [4.69, 9.17) is 10.00 Å². The lowest BCUT2D eigenvalue weighted by Crippen LogP contribution is -2.03. The quantitative estimate of drug-likeness (QED) is 0.599. The fraction of sp³-hybridized carbons (Fsp3) is 0.100. The first-order valence-electron chi connectivity index (χ1n) is 8.30. The van der Waals surface area contributed by atoms with Crippen LogP contribution in [-0.2, 0) is 0 Å². The van der Waals surface area contributed by atoms with E-state index in [1.165, 1.54) is 10.9 Å². The summed E-state index contributed by atoms with van der Waals surface area (Å²) < 4.78 is 6.99. The molecule has 0 aliphatic carbocycles. The van der Waals surface area contributed by atoms with E-state index in [2.05, 4.69) is 32.5 Å². The van der Waals surface area contributed by atoms with E-state index >= 15 is 0 Å². The molecule has 0 bridgehead atoms. The Kier molecular flexibility index (Phi) is 4.15. The van der Waals surface area contributed by atoms with Gasteiger partial charge in [-0.05, 0) is 36.8 Å². The number of aromatic nitrogens is 4. The van der Waals surface area contributed by atoms with E-state index in [-0.39, 0.29) is 0 Å². The maximum atomic E-state index is 8.95. The number of benzene rings is 1. The predicted molar refractivity (Wildman–Crippen MR) is 102 cm³/mol. The van der Waals surface area contributed by atoms with Gasteiger partial charge in [0.25, 0.3) is 0 Å². The molecular formula is C20H16N6O. The number of nitriles is 1. The van der Waals surface area contributed by atoms with Crippen molar-refractivity contribution in [3.8, 4) is 17.8 Å². The summed E-state index contributed by atoms with van der Waals surface area (Å²) in [5.74, 6) is 0.993. The summed E-state index contributed by atoms with van der Waals surface area (Å²) in [5, 5.41) is 17.5. The summed E-state index contributed by atoms with van der Waals surface area (Å²) in [6, 6.07) is 13.8. The molecule has 0 aliphatic heterocycles. The van der Waals surface area contributed by atoms with Crippen molar-refractivity contribution in [1.29, 1.82) is 5.26 Å². The van der Waals surface area contributed by atoms with Crippen molar-refractivity contribution >= 4 is 22.3 Å². The molecule has 0 atom stereocenters. The molecule has 4 aromatic rings. The highest BCUT2D eigenvalue weighted by molar-refractivity contribution is 5.93. The Labute approximate surface area is 155 Å². The van der Waals surface area contributed by atoms with Crippen LogP contribution in [0.2, 0.25) is 0 Å². The maximum Gasteiger partial charge on any atom is 0.239 e. The molecule has 0 spiro atoms. The Hall–Kier alpha value is -3.92. The van der Waals surface area contributed by atoms with Gasteiger partial charge in [-0.3, -0.25) is 4.98 Å². The van der Waals surface area contributed by atoms with Crippen molar-refractivity contribution in [2.24, 2.45) is 0 Å². The smallest absolute Gasteiger partial charge is 0.239 e. The van der Waals surface area contributed by atoms with E-state index in [1.54, 1.807) is 19.5 Å². The lowest BCUT2D eigenvalue weighted by Gasteiger charge is -2.13. The molecule has 0 amide bonds. The zero-order valence-electron chi connectivity index (χ0n) is 14.8. The summed E-state index contributed by atoms with van der Waals surface area (Å²) in [6.45, 7) is 2.04. The highest BCUT2D eigenvalue weighted by Gasteiger charge is 2.11. The van der Waals surface area contributed by atoms with Crippen molar-refractivity contribution < 1.29 is 4.74 Å². The van der Waals surface area contributed by atoms with E-state index in [1.807, 2.05) is 37.3 Å². The number of fused-ring (bicyclic) bond motifs is 1. The molecule has 132 valence electrons. The van der Waals surface area contributed by atoms with Crippen molar-refractivity contribution in [3.63, 3.8) is 0 Å². The highest BCUT2D eigenvalue weighted by atomic mass is 16.5. The van der Waals surface area contributed by atoms with Crippen LogP contribution < -0.4 is 10.1 Å². The van der Waals surface area contributed by atoms with Gasteiger partial charge >= 0.3 is 0 Å². The van der Waals surface area contributed by atoms with Gasteiger partial charge in [0.05, 0.1) is 30.6 Å². The van der Waals surface area contributed by atoms with Gasteiger partial charge in [-0.1, -0.05) is 12.1 Å². The molecular weight excluding hydrogens is 340 g/mol. The van der Waals surface area contributed by atoms with Crippen molar-refractivity contribution in [2.75, 3.05) is 12.4 Å². The van der Waals surface area contributed by atoms with Crippen molar-refractivity contribution in [3.05, 3.63) is 66.1 Å². The Morgan fingerprint density at radius 3 is 2.81 bits per heavy atom. The lowest BCUT2D eigenvalue weighted by molar-refractivity contribution is 0.399. The van der Waals surface area contributed by atoms with E-state index in [0.717, 1.165) is 27.8 Å². The fourth-order valence-corrected chi connectivity index (χ4v) is 2.83. The summed E-state index contributed by atoms with van der Waals surface area (Å²) in [7, 11) is 1.56. The van der Waals surface area contributed by atoms with Crippen LogP contribution in [0.1, 0.15) is 11.1 Å². The molecule has 1 aromatic carbocycles. The predicted octanol–water partition coefficient (Wildman–Crippen LogP) is 3.75. The second-order valence-electron chi connectivity index (χ2n) is 6.02. The first-order valence-corrected chi connectivity index (χ1v) is 8.30. The molecule has 3 heterocycles. The first kappa shape index (κ1) is 16.5. The van der Waals surface area contributed by atoms with Crippen LogP contribution in [0.4, 0.5) is 11.4 Å². The number of anilines is 2. The molecule has 7 heteroatoms. The maximum absolute atomic E-state index is 8.95. The van der Waals surface area contributed by atoms with Crippen LogP contribution in [0.3, 0.4) is 0 Å². The molecule has 0 saturated carbocycles. The normalized spacial score (nSPS) is 10.6. The third kappa shape index (κ3) is 3.16. The topological polar surface area (TPSA) is 88.7 Å². The fourth-order valence-electron chi connectivity index (χ4n) is 2.83. The molecule has 4 rings (SSSR count).